The number of likely N-dealkylation sites (N-methyl/N-ethyl adjacent to an activating group) is 1. The molecule has 0 fully saturated rings. The summed E-state index contributed by atoms with van der Waals surface area (Å²) in [6.45, 7) is 2.04. The Hall–Kier alpha value is -1.94. The number of halogens is 1. The Kier molecular flexibility index (Phi) is 4.69. The molecule has 0 aliphatic rings. The van der Waals surface area contributed by atoms with Gasteiger partial charge in [-0.05, 0) is 43.7 Å². The fourth-order valence-electron chi connectivity index (χ4n) is 2.29. The van der Waals surface area contributed by atoms with Crippen molar-refractivity contribution in [3.05, 3.63) is 59.2 Å². The molecule has 0 amide bonds. The minimum absolute atomic E-state index is 0.00565. The molecule has 0 bridgehead atoms. The van der Waals surface area contributed by atoms with Crippen molar-refractivity contribution in [2.24, 2.45) is 0 Å². The molecule has 3 nitrogen and oxygen atoms in total. The first-order valence-electron chi connectivity index (χ1n) is 6.55. The predicted octanol–water partition coefficient (Wildman–Crippen LogP) is 3.04. The van der Waals surface area contributed by atoms with E-state index in [1.165, 1.54) is 17.8 Å². The number of hydrogen-bond donors (Lipinski definition) is 1. The molecule has 4 heteroatoms. The van der Waals surface area contributed by atoms with Crippen molar-refractivity contribution in [3.63, 3.8) is 0 Å². The fourth-order valence-corrected chi connectivity index (χ4v) is 2.29. The topological polar surface area (TPSA) is 34.1 Å². The summed E-state index contributed by atoms with van der Waals surface area (Å²) in [5.74, 6) is 0.527. The maximum Gasteiger partial charge on any atom is 0.141 e. The minimum atomic E-state index is -0.320. The van der Waals surface area contributed by atoms with E-state index in [9.17, 15) is 4.39 Å². The molecule has 2 aromatic rings. The van der Waals surface area contributed by atoms with Crippen LogP contribution in [0.25, 0.3) is 0 Å². The van der Waals surface area contributed by atoms with Gasteiger partial charge in [0.05, 0.1) is 13.3 Å². The molecule has 1 atom stereocenters. The van der Waals surface area contributed by atoms with Gasteiger partial charge in [-0.3, -0.25) is 4.98 Å². The van der Waals surface area contributed by atoms with E-state index in [2.05, 4.69) is 16.4 Å². The van der Waals surface area contributed by atoms with E-state index in [0.29, 0.717) is 6.42 Å². The van der Waals surface area contributed by atoms with Gasteiger partial charge in [0, 0.05) is 12.2 Å². The lowest BCUT2D eigenvalue weighted by atomic mass is 9.98. The lowest BCUT2D eigenvalue weighted by Gasteiger charge is -2.18. The van der Waals surface area contributed by atoms with Crippen LogP contribution in [0, 0.1) is 12.7 Å². The molecule has 0 aliphatic heterocycles. The van der Waals surface area contributed by atoms with Crippen LogP contribution in [-0.2, 0) is 6.42 Å². The molecule has 0 saturated carbocycles. The molecule has 20 heavy (non-hydrogen) atoms. The molecule has 1 unspecified atom stereocenters. The lowest BCUT2D eigenvalue weighted by molar-refractivity contribution is 0.406. The zero-order valence-corrected chi connectivity index (χ0v) is 12.0. The molecule has 0 radical (unpaired) electrons. The Morgan fingerprint density at radius 3 is 2.75 bits per heavy atom. The normalized spacial score (nSPS) is 12.2. The van der Waals surface area contributed by atoms with Crippen LogP contribution in [0.1, 0.15) is 22.7 Å². The van der Waals surface area contributed by atoms with Crippen molar-refractivity contribution >= 4 is 0 Å². The Bertz CT molecular complexity index is 586. The molecule has 0 spiro atoms. The largest absolute Gasteiger partial charge is 0.496 e. The highest BCUT2D eigenvalue weighted by molar-refractivity contribution is 5.38. The van der Waals surface area contributed by atoms with Gasteiger partial charge in [0.2, 0.25) is 0 Å². The summed E-state index contributed by atoms with van der Waals surface area (Å²) in [6.07, 6.45) is 3.61. The van der Waals surface area contributed by atoms with Crippen LogP contribution < -0.4 is 10.1 Å². The smallest absolute Gasteiger partial charge is 0.141 e. The van der Waals surface area contributed by atoms with E-state index < -0.39 is 0 Å². The van der Waals surface area contributed by atoms with Gasteiger partial charge in [-0.2, -0.15) is 0 Å². The third kappa shape index (κ3) is 3.33. The van der Waals surface area contributed by atoms with E-state index in [1.807, 2.05) is 26.1 Å². The summed E-state index contributed by atoms with van der Waals surface area (Å²) in [7, 11) is 3.52. The number of nitrogens with one attached hydrogen (secondary N) is 1. The summed E-state index contributed by atoms with van der Waals surface area (Å²) in [5, 5.41) is 3.20. The number of ether oxygens (including phenoxy) is 1. The molecular formula is C16H19FN2O. The monoisotopic (exact) mass is 274 g/mol. The zero-order valence-electron chi connectivity index (χ0n) is 12.0. The molecule has 1 aromatic carbocycles. The second kappa shape index (κ2) is 6.48. The second-order valence-corrected chi connectivity index (χ2v) is 4.80. The molecule has 1 aromatic heterocycles. The molecule has 1 heterocycles. The highest BCUT2D eigenvalue weighted by Crippen LogP contribution is 2.26. The van der Waals surface area contributed by atoms with E-state index in [-0.39, 0.29) is 11.9 Å². The van der Waals surface area contributed by atoms with Crippen molar-refractivity contribution in [1.29, 1.82) is 0 Å². The first-order chi connectivity index (χ1) is 9.63. The van der Waals surface area contributed by atoms with Crippen LogP contribution in [0.2, 0.25) is 0 Å². The van der Waals surface area contributed by atoms with Crippen LogP contribution in [0.5, 0.6) is 5.75 Å². The average molecular weight is 274 g/mol. The highest BCUT2D eigenvalue weighted by atomic mass is 19.1. The van der Waals surface area contributed by atoms with Crippen molar-refractivity contribution in [3.8, 4) is 5.75 Å². The summed E-state index contributed by atoms with van der Waals surface area (Å²) >= 11 is 0. The number of methoxy groups -OCH3 is 1. The van der Waals surface area contributed by atoms with Gasteiger partial charge in [-0.25, -0.2) is 4.39 Å². The molecular weight excluding hydrogens is 255 g/mol. The number of benzene rings is 1. The van der Waals surface area contributed by atoms with Gasteiger partial charge < -0.3 is 10.1 Å². The molecule has 106 valence electrons. The van der Waals surface area contributed by atoms with E-state index in [4.69, 9.17) is 4.74 Å². The Labute approximate surface area is 118 Å². The van der Waals surface area contributed by atoms with Crippen molar-refractivity contribution in [2.75, 3.05) is 14.2 Å². The van der Waals surface area contributed by atoms with E-state index in [0.717, 1.165) is 16.9 Å². The number of rotatable bonds is 5. The molecule has 2 rings (SSSR count). The highest BCUT2D eigenvalue weighted by Gasteiger charge is 2.14. The van der Waals surface area contributed by atoms with Gasteiger partial charge in [0.1, 0.15) is 11.6 Å². The molecule has 0 saturated heterocycles. The van der Waals surface area contributed by atoms with Gasteiger partial charge in [0.25, 0.3) is 0 Å². The lowest BCUT2D eigenvalue weighted by Crippen LogP contribution is -2.19. The van der Waals surface area contributed by atoms with Crippen LogP contribution >= 0.6 is 0 Å². The summed E-state index contributed by atoms with van der Waals surface area (Å²) in [6, 6.07) is 7.57. The molecule has 0 aliphatic carbocycles. The van der Waals surface area contributed by atoms with Crippen molar-refractivity contribution in [1.82, 2.24) is 10.3 Å². The summed E-state index contributed by atoms with van der Waals surface area (Å²) in [5.41, 5.74) is 3.10. The van der Waals surface area contributed by atoms with Crippen LogP contribution in [0.15, 0.2) is 36.7 Å². The van der Waals surface area contributed by atoms with Crippen LogP contribution in [0.4, 0.5) is 4.39 Å². The maximum absolute atomic E-state index is 13.3. The van der Waals surface area contributed by atoms with Crippen molar-refractivity contribution in [2.45, 2.75) is 19.4 Å². The van der Waals surface area contributed by atoms with E-state index in [1.54, 1.807) is 13.3 Å². The number of hydrogen-bond acceptors (Lipinski definition) is 3. The van der Waals surface area contributed by atoms with E-state index >= 15 is 0 Å². The average Bonchev–Trinajstić information content (AvgIpc) is 2.45. The first kappa shape index (κ1) is 14.5. The second-order valence-electron chi connectivity index (χ2n) is 4.80. The third-order valence-corrected chi connectivity index (χ3v) is 3.34. The van der Waals surface area contributed by atoms with Gasteiger partial charge in [0.15, 0.2) is 0 Å². The Balaban J connectivity index is 2.28. The van der Waals surface area contributed by atoms with Crippen LogP contribution in [-0.4, -0.2) is 19.1 Å². The standard InChI is InChI=1S/C16H19FN2O/c1-11-4-5-16(20-3)12(6-11)8-15(18-2)13-7-14(17)10-19-9-13/h4-7,9-10,15,18H,8H2,1-3H3. The SMILES string of the molecule is CNC(Cc1cc(C)ccc1OC)c1cncc(F)c1. The Morgan fingerprint density at radius 2 is 2.10 bits per heavy atom. The minimum Gasteiger partial charge on any atom is -0.496 e. The third-order valence-electron chi connectivity index (χ3n) is 3.34. The predicted molar refractivity (Wildman–Crippen MR) is 77.4 cm³/mol. The summed E-state index contributed by atoms with van der Waals surface area (Å²) in [4.78, 5) is 3.91. The first-order valence-corrected chi connectivity index (χ1v) is 6.55. The quantitative estimate of drug-likeness (QED) is 0.910. The number of aryl methyl sites for hydroxylation is 1. The number of pyridine rings is 1. The van der Waals surface area contributed by atoms with Crippen LogP contribution in [0.3, 0.4) is 0 Å². The number of aromatic nitrogens is 1. The summed E-state index contributed by atoms with van der Waals surface area (Å²) < 4.78 is 18.7. The maximum atomic E-state index is 13.3. The fraction of sp³-hybridized carbons (Fsp3) is 0.312. The van der Waals surface area contributed by atoms with Gasteiger partial charge >= 0.3 is 0 Å². The Morgan fingerprint density at radius 1 is 1.30 bits per heavy atom. The zero-order chi connectivity index (χ0) is 14.5. The molecule has 1 N–H and O–H groups in total. The van der Waals surface area contributed by atoms with Crippen molar-refractivity contribution < 1.29 is 9.13 Å². The van der Waals surface area contributed by atoms with Gasteiger partial charge in [-0.1, -0.05) is 17.7 Å². The number of nitrogens with zero attached hydrogens (tertiary/aromatic N) is 1. The van der Waals surface area contributed by atoms with Gasteiger partial charge in [-0.15, -0.1) is 0 Å².